The maximum Gasteiger partial charge on any atom is 0.412 e. The van der Waals surface area contributed by atoms with E-state index >= 15 is 0 Å². The summed E-state index contributed by atoms with van der Waals surface area (Å²) < 4.78 is 19.1. The second-order valence-electron chi connectivity index (χ2n) is 5.59. The molecule has 0 aromatic heterocycles. The lowest BCUT2D eigenvalue weighted by atomic mass is 9.91. The molecule has 1 amide bonds. The number of halogens is 1. The summed E-state index contributed by atoms with van der Waals surface area (Å²) in [6, 6.07) is 11.7. The molecule has 1 aliphatic rings. The van der Waals surface area contributed by atoms with Crippen LogP contribution in [0.4, 0.5) is 14.9 Å². The van der Waals surface area contributed by atoms with E-state index < -0.39 is 17.5 Å². The molecule has 1 aliphatic heterocycles. The summed E-state index contributed by atoms with van der Waals surface area (Å²) in [5.41, 5.74) is 2.19. The summed E-state index contributed by atoms with van der Waals surface area (Å²) >= 11 is 0. The highest BCUT2D eigenvalue weighted by Crippen LogP contribution is 2.38. The van der Waals surface area contributed by atoms with Crippen molar-refractivity contribution in [2.75, 3.05) is 5.32 Å². The Morgan fingerprint density at radius 1 is 1.18 bits per heavy atom. The van der Waals surface area contributed by atoms with E-state index in [0.29, 0.717) is 11.3 Å². The fourth-order valence-corrected chi connectivity index (χ4v) is 2.54. The number of hydrogen-bond donors (Lipinski definition) is 1. The Hall–Kier alpha value is -2.87. The van der Waals surface area contributed by atoms with Crippen molar-refractivity contribution >= 4 is 11.8 Å². The standard InChI is InChI=1S/C17H13FN2O2/c1-17(2)13-7-10(5-6-15(13)20-16(21)22-17)11-3-4-12(9-19)14(18)8-11/h3-8H,1-2H3,(H,20,21). The Bertz CT molecular complexity index is 822. The summed E-state index contributed by atoms with van der Waals surface area (Å²) in [5.74, 6) is -0.554. The third kappa shape index (κ3) is 2.29. The first-order valence-corrected chi connectivity index (χ1v) is 6.75. The fraction of sp³-hybridized carbons (Fsp3) is 0.176. The van der Waals surface area contributed by atoms with Gasteiger partial charge in [-0.3, -0.25) is 5.32 Å². The zero-order valence-corrected chi connectivity index (χ0v) is 12.1. The van der Waals surface area contributed by atoms with Crippen LogP contribution in [0.3, 0.4) is 0 Å². The molecule has 0 bridgehead atoms. The van der Waals surface area contributed by atoms with E-state index in [4.69, 9.17) is 10.00 Å². The van der Waals surface area contributed by atoms with Crippen LogP contribution in [0, 0.1) is 17.1 Å². The highest BCUT2D eigenvalue weighted by atomic mass is 19.1. The van der Waals surface area contributed by atoms with Crippen LogP contribution in [0.1, 0.15) is 25.0 Å². The minimum absolute atomic E-state index is 0.0117. The third-order valence-corrected chi connectivity index (χ3v) is 3.68. The summed E-state index contributed by atoms with van der Waals surface area (Å²) in [5, 5.41) is 11.4. The van der Waals surface area contributed by atoms with Gasteiger partial charge >= 0.3 is 6.09 Å². The molecular formula is C17H13FN2O2. The zero-order valence-electron chi connectivity index (χ0n) is 12.1. The number of nitrogens with one attached hydrogen (secondary N) is 1. The van der Waals surface area contributed by atoms with E-state index in [0.717, 1.165) is 11.1 Å². The van der Waals surface area contributed by atoms with E-state index in [-0.39, 0.29) is 5.56 Å². The van der Waals surface area contributed by atoms with Crippen LogP contribution >= 0.6 is 0 Å². The summed E-state index contributed by atoms with van der Waals surface area (Å²) in [4.78, 5) is 11.5. The first kappa shape index (κ1) is 14.1. The van der Waals surface area contributed by atoms with E-state index in [1.807, 2.05) is 6.07 Å². The number of anilines is 1. The lowest BCUT2D eigenvalue weighted by Crippen LogP contribution is -2.34. The molecule has 4 nitrogen and oxygen atoms in total. The maximum absolute atomic E-state index is 13.8. The van der Waals surface area contributed by atoms with E-state index in [2.05, 4.69) is 5.32 Å². The highest BCUT2D eigenvalue weighted by Gasteiger charge is 2.33. The quantitative estimate of drug-likeness (QED) is 0.859. The predicted molar refractivity (Wildman–Crippen MR) is 79.7 cm³/mol. The van der Waals surface area contributed by atoms with Crippen LogP contribution in [0.2, 0.25) is 0 Å². The number of benzene rings is 2. The van der Waals surface area contributed by atoms with Crippen LogP contribution in [-0.4, -0.2) is 6.09 Å². The number of ether oxygens (including phenoxy) is 1. The van der Waals surface area contributed by atoms with Gasteiger partial charge in [-0.15, -0.1) is 0 Å². The number of carbonyl (C=O) groups excluding carboxylic acids is 1. The van der Waals surface area contributed by atoms with Crippen molar-refractivity contribution in [2.45, 2.75) is 19.4 Å². The topological polar surface area (TPSA) is 62.1 Å². The second-order valence-corrected chi connectivity index (χ2v) is 5.59. The molecule has 5 heteroatoms. The molecule has 1 heterocycles. The monoisotopic (exact) mass is 296 g/mol. The Kier molecular flexibility index (Phi) is 3.10. The molecule has 110 valence electrons. The lowest BCUT2D eigenvalue weighted by molar-refractivity contribution is 0.0421. The van der Waals surface area contributed by atoms with Crippen molar-refractivity contribution in [2.24, 2.45) is 0 Å². The van der Waals surface area contributed by atoms with Gasteiger partial charge in [0.05, 0.1) is 11.3 Å². The van der Waals surface area contributed by atoms with Crippen molar-refractivity contribution in [3.8, 4) is 17.2 Å². The van der Waals surface area contributed by atoms with Crippen LogP contribution in [0.25, 0.3) is 11.1 Å². The normalized spacial score (nSPS) is 15.3. The van der Waals surface area contributed by atoms with Gasteiger partial charge in [-0.05, 0) is 49.2 Å². The van der Waals surface area contributed by atoms with Crippen LogP contribution in [0.15, 0.2) is 36.4 Å². The molecule has 0 unspecified atom stereocenters. The molecule has 0 saturated carbocycles. The number of rotatable bonds is 1. The molecular weight excluding hydrogens is 283 g/mol. The van der Waals surface area contributed by atoms with E-state index in [1.165, 1.54) is 12.1 Å². The molecule has 0 radical (unpaired) electrons. The van der Waals surface area contributed by atoms with Crippen LogP contribution in [-0.2, 0) is 10.3 Å². The Balaban J connectivity index is 2.10. The van der Waals surface area contributed by atoms with Gasteiger partial charge in [-0.2, -0.15) is 5.26 Å². The maximum atomic E-state index is 13.8. The second kappa shape index (κ2) is 4.85. The summed E-state index contributed by atoms with van der Waals surface area (Å²) in [6.45, 7) is 3.60. The lowest BCUT2D eigenvalue weighted by Gasteiger charge is -2.32. The Labute approximate surface area is 127 Å². The minimum atomic E-state index is -0.765. The largest absolute Gasteiger partial charge is 0.438 e. The number of hydrogen-bond acceptors (Lipinski definition) is 3. The van der Waals surface area contributed by atoms with Crippen LogP contribution in [0.5, 0.6) is 0 Å². The first-order valence-electron chi connectivity index (χ1n) is 6.75. The van der Waals surface area contributed by atoms with Gasteiger partial charge in [0.15, 0.2) is 0 Å². The number of nitriles is 1. The Morgan fingerprint density at radius 3 is 2.55 bits per heavy atom. The number of carbonyl (C=O) groups is 1. The van der Waals surface area contributed by atoms with Crippen molar-refractivity contribution in [3.63, 3.8) is 0 Å². The third-order valence-electron chi connectivity index (χ3n) is 3.68. The summed E-state index contributed by atoms with van der Waals surface area (Å²) in [7, 11) is 0. The first-order chi connectivity index (χ1) is 10.4. The number of fused-ring (bicyclic) bond motifs is 1. The average molecular weight is 296 g/mol. The van der Waals surface area contributed by atoms with Gasteiger partial charge in [0.1, 0.15) is 17.5 Å². The number of cyclic esters (lactones) is 1. The van der Waals surface area contributed by atoms with Gasteiger partial charge < -0.3 is 4.74 Å². The molecule has 0 atom stereocenters. The molecule has 2 aromatic carbocycles. The fourth-order valence-electron chi connectivity index (χ4n) is 2.54. The minimum Gasteiger partial charge on any atom is -0.438 e. The van der Waals surface area contributed by atoms with Gasteiger partial charge in [-0.1, -0.05) is 12.1 Å². The van der Waals surface area contributed by atoms with Gasteiger partial charge in [0.2, 0.25) is 0 Å². The van der Waals surface area contributed by atoms with Crippen LogP contribution < -0.4 is 5.32 Å². The SMILES string of the molecule is CC1(C)OC(=O)Nc2ccc(-c3ccc(C#N)c(F)c3)cc21. The molecule has 1 N–H and O–H groups in total. The molecule has 0 aliphatic carbocycles. The molecule has 0 saturated heterocycles. The van der Waals surface area contributed by atoms with Gasteiger partial charge in [0, 0.05) is 5.56 Å². The molecule has 0 fully saturated rings. The van der Waals surface area contributed by atoms with E-state index in [9.17, 15) is 9.18 Å². The smallest absolute Gasteiger partial charge is 0.412 e. The molecule has 2 aromatic rings. The van der Waals surface area contributed by atoms with Gasteiger partial charge in [0.25, 0.3) is 0 Å². The Morgan fingerprint density at radius 2 is 1.86 bits per heavy atom. The molecule has 22 heavy (non-hydrogen) atoms. The van der Waals surface area contributed by atoms with Gasteiger partial charge in [-0.25, -0.2) is 9.18 Å². The number of nitrogens with zero attached hydrogens (tertiary/aromatic N) is 1. The predicted octanol–water partition coefficient (Wildman–Crippen LogP) is 4.16. The van der Waals surface area contributed by atoms with E-state index in [1.54, 1.807) is 38.1 Å². The zero-order chi connectivity index (χ0) is 15.9. The van der Waals surface area contributed by atoms with Crippen molar-refractivity contribution in [1.29, 1.82) is 5.26 Å². The van der Waals surface area contributed by atoms with Crippen molar-refractivity contribution in [1.82, 2.24) is 0 Å². The summed E-state index contributed by atoms with van der Waals surface area (Å²) in [6.07, 6.45) is -0.491. The molecule has 3 rings (SSSR count). The van der Waals surface area contributed by atoms with Crippen molar-refractivity contribution < 1.29 is 13.9 Å². The van der Waals surface area contributed by atoms with Crippen molar-refractivity contribution in [3.05, 3.63) is 53.3 Å². The molecule has 0 spiro atoms. The number of amides is 1. The average Bonchev–Trinajstić information content (AvgIpc) is 2.46. The highest BCUT2D eigenvalue weighted by molar-refractivity contribution is 5.89.